The van der Waals surface area contributed by atoms with Crippen molar-refractivity contribution in [2.45, 2.75) is 25.3 Å². The van der Waals surface area contributed by atoms with E-state index in [9.17, 15) is 23.2 Å². The summed E-state index contributed by atoms with van der Waals surface area (Å²) in [5.41, 5.74) is 4.74. The molecule has 0 heterocycles. The van der Waals surface area contributed by atoms with Crippen LogP contribution in [-0.4, -0.2) is 35.4 Å². The van der Waals surface area contributed by atoms with Gasteiger partial charge in [0.1, 0.15) is 6.04 Å². The number of amides is 2. The number of primary amides is 1. The fourth-order valence-electron chi connectivity index (χ4n) is 0.779. The molecular formula is C7H10F2N2O4. The molecule has 0 aliphatic heterocycles. The molecule has 6 nitrogen and oxygen atoms in total. The smallest absolute Gasteiger partial charge is 0.326 e. The molecule has 15 heavy (non-hydrogen) atoms. The minimum absolute atomic E-state index is 0.305. The van der Waals surface area contributed by atoms with E-state index in [0.717, 1.165) is 0 Å². The first-order valence-corrected chi connectivity index (χ1v) is 3.94. The summed E-state index contributed by atoms with van der Waals surface area (Å²) in [5.74, 6) is -3.95. The lowest BCUT2D eigenvalue weighted by molar-refractivity contribution is -0.144. The van der Waals surface area contributed by atoms with Crippen molar-refractivity contribution in [1.29, 1.82) is 0 Å². The highest BCUT2D eigenvalue weighted by Gasteiger charge is 2.24. The van der Waals surface area contributed by atoms with Crippen LogP contribution in [0.15, 0.2) is 0 Å². The van der Waals surface area contributed by atoms with Gasteiger partial charge in [-0.05, 0) is 6.42 Å². The molecule has 0 fully saturated rings. The normalized spacial score (nSPS) is 12.2. The summed E-state index contributed by atoms with van der Waals surface area (Å²) < 4.78 is 23.5. The van der Waals surface area contributed by atoms with Gasteiger partial charge in [-0.3, -0.25) is 9.59 Å². The number of alkyl halides is 2. The van der Waals surface area contributed by atoms with Crippen molar-refractivity contribution in [2.24, 2.45) is 5.73 Å². The van der Waals surface area contributed by atoms with E-state index in [1.807, 2.05) is 0 Å². The molecule has 2 amide bonds. The Bertz CT molecular complexity index is 270. The van der Waals surface area contributed by atoms with Crippen LogP contribution in [0.25, 0.3) is 0 Å². The number of aliphatic carboxylic acids is 1. The van der Waals surface area contributed by atoms with Gasteiger partial charge in [0.05, 0.1) is 0 Å². The molecule has 0 unspecified atom stereocenters. The minimum Gasteiger partial charge on any atom is -0.480 e. The van der Waals surface area contributed by atoms with Gasteiger partial charge in [0.15, 0.2) is 0 Å². The van der Waals surface area contributed by atoms with Crippen LogP contribution in [0.5, 0.6) is 0 Å². The fraction of sp³-hybridized carbons (Fsp3) is 0.571. The van der Waals surface area contributed by atoms with E-state index in [1.54, 1.807) is 5.32 Å². The highest BCUT2D eigenvalue weighted by molar-refractivity contribution is 5.85. The first kappa shape index (κ1) is 13.3. The van der Waals surface area contributed by atoms with Crippen LogP contribution < -0.4 is 11.1 Å². The number of rotatable bonds is 6. The summed E-state index contributed by atoms with van der Waals surface area (Å²) in [6.45, 7) is 0. The van der Waals surface area contributed by atoms with Crippen LogP contribution in [-0.2, 0) is 14.4 Å². The molecule has 1 atom stereocenters. The van der Waals surface area contributed by atoms with E-state index in [1.165, 1.54) is 0 Å². The number of carboxylic acids is 1. The number of halogens is 2. The van der Waals surface area contributed by atoms with Gasteiger partial charge in [-0.2, -0.15) is 8.78 Å². The Kier molecular flexibility index (Phi) is 5.21. The van der Waals surface area contributed by atoms with Gasteiger partial charge in [-0.15, -0.1) is 0 Å². The Morgan fingerprint density at radius 2 is 1.87 bits per heavy atom. The van der Waals surface area contributed by atoms with Gasteiger partial charge in [0.2, 0.25) is 5.91 Å². The highest BCUT2D eigenvalue weighted by atomic mass is 19.3. The summed E-state index contributed by atoms with van der Waals surface area (Å²) >= 11 is 0. The maximum absolute atomic E-state index is 11.8. The fourth-order valence-corrected chi connectivity index (χ4v) is 0.779. The summed E-state index contributed by atoms with van der Waals surface area (Å²) in [6.07, 6.45) is -3.91. The Labute approximate surface area is 83.4 Å². The van der Waals surface area contributed by atoms with E-state index < -0.39 is 30.3 Å². The molecular weight excluding hydrogens is 214 g/mol. The lowest BCUT2D eigenvalue weighted by Gasteiger charge is -2.12. The Balaban J connectivity index is 4.22. The van der Waals surface area contributed by atoms with Gasteiger partial charge >= 0.3 is 12.4 Å². The first-order chi connectivity index (χ1) is 6.84. The number of hydrogen-bond donors (Lipinski definition) is 3. The lowest BCUT2D eigenvalue weighted by atomic mass is 10.1. The first-order valence-electron chi connectivity index (χ1n) is 3.94. The van der Waals surface area contributed by atoms with Crippen molar-refractivity contribution in [3.63, 3.8) is 0 Å². The zero-order chi connectivity index (χ0) is 12.0. The van der Waals surface area contributed by atoms with E-state index in [4.69, 9.17) is 10.8 Å². The number of carbonyl (C=O) groups excluding carboxylic acids is 2. The molecule has 0 bridgehead atoms. The average Bonchev–Trinajstić information content (AvgIpc) is 2.10. The van der Waals surface area contributed by atoms with Gasteiger partial charge < -0.3 is 16.2 Å². The van der Waals surface area contributed by atoms with Crippen LogP contribution in [0.3, 0.4) is 0 Å². The number of carbonyl (C=O) groups is 3. The number of nitrogens with one attached hydrogen (secondary N) is 1. The van der Waals surface area contributed by atoms with Gasteiger partial charge in [-0.1, -0.05) is 0 Å². The maximum Gasteiger partial charge on any atom is 0.326 e. The molecule has 0 aliphatic carbocycles. The third-order valence-electron chi connectivity index (χ3n) is 1.49. The minimum atomic E-state index is -3.29. The molecule has 0 aromatic carbocycles. The van der Waals surface area contributed by atoms with Crippen LogP contribution in [0, 0.1) is 0 Å². The number of nitrogens with two attached hydrogens (primary N) is 1. The van der Waals surface area contributed by atoms with E-state index in [0.29, 0.717) is 0 Å². The zero-order valence-corrected chi connectivity index (χ0v) is 7.57. The molecule has 0 saturated heterocycles. The summed E-state index contributed by atoms with van der Waals surface area (Å²) in [7, 11) is 0. The van der Waals surface area contributed by atoms with E-state index in [2.05, 4.69) is 0 Å². The molecule has 0 rings (SSSR count). The second-order valence-corrected chi connectivity index (χ2v) is 2.71. The van der Waals surface area contributed by atoms with Crippen molar-refractivity contribution in [1.82, 2.24) is 5.32 Å². The molecule has 8 heteroatoms. The third kappa shape index (κ3) is 5.55. The average molecular weight is 224 g/mol. The van der Waals surface area contributed by atoms with Crippen molar-refractivity contribution >= 4 is 17.8 Å². The number of carboxylic acid groups (broad SMARTS) is 1. The molecule has 0 radical (unpaired) electrons. The molecule has 0 aliphatic rings. The molecule has 0 saturated carbocycles. The summed E-state index contributed by atoms with van der Waals surface area (Å²) in [5, 5.41) is 10.1. The third-order valence-corrected chi connectivity index (χ3v) is 1.49. The second kappa shape index (κ2) is 5.89. The zero-order valence-electron chi connectivity index (χ0n) is 7.57. The van der Waals surface area contributed by atoms with Crippen LogP contribution in [0.2, 0.25) is 0 Å². The van der Waals surface area contributed by atoms with Crippen molar-refractivity contribution in [3.8, 4) is 0 Å². The predicted octanol–water partition coefficient (Wildman–Crippen LogP) is -0.914. The molecule has 4 N–H and O–H groups in total. The van der Waals surface area contributed by atoms with Crippen molar-refractivity contribution < 1.29 is 28.3 Å². The second-order valence-electron chi connectivity index (χ2n) is 2.71. The van der Waals surface area contributed by atoms with Crippen molar-refractivity contribution in [3.05, 3.63) is 0 Å². The van der Waals surface area contributed by atoms with Crippen LogP contribution in [0.1, 0.15) is 12.8 Å². The molecule has 0 aromatic rings. The quantitative estimate of drug-likeness (QED) is 0.542. The lowest BCUT2D eigenvalue weighted by Crippen LogP contribution is -2.43. The Morgan fingerprint density at radius 1 is 1.33 bits per heavy atom. The predicted molar refractivity (Wildman–Crippen MR) is 44.0 cm³/mol. The maximum atomic E-state index is 11.8. The van der Waals surface area contributed by atoms with Crippen LogP contribution in [0.4, 0.5) is 8.78 Å². The Morgan fingerprint density at radius 3 is 2.20 bits per heavy atom. The molecule has 0 aromatic heterocycles. The van der Waals surface area contributed by atoms with E-state index >= 15 is 0 Å². The van der Waals surface area contributed by atoms with E-state index in [-0.39, 0.29) is 12.8 Å². The van der Waals surface area contributed by atoms with Gasteiger partial charge in [0.25, 0.3) is 5.91 Å². The van der Waals surface area contributed by atoms with Crippen LogP contribution >= 0.6 is 0 Å². The molecule has 86 valence electrons. The highest BCUT2D eigenvalue weighted by Crippen LogP contribution is 2.00. The SMILES string of the molecule is NC(=O)CC[C@H](NC(=O)C(F)F)C(=O)O. The molecule has 0 spiro atoms. The largest absolute Gasteiger partial charge is 0.480 e. The monoisotopic (exact) mass is 224 g/mol. The number of hydrogen-bond acceptors (Lipinski definition) is 3. The Hall–Kier alpha value is -1.73. The summed E-state index contributed by atoms with van der Waals surface area (Å²) in [4.78, 5) is 31.2. The topological polar surface area (TPSA) is 109 Å². The van der Waals surface area contributed by atoms with Gasteiger partial charge in [0, 0.05) is 6.42 Å². The van der Waals surface area contributed by atoms with Crippen molar-refractivity contribution in [2.75, 3.05) is 0 Å². The standard InChI is InChI=1S/C7H10F2N2O4/c8-5(9)6(13)11-3(7(14)15)1-2-4(10)12/h3,5H,1-2H2,(H2,10,12)(H,11,13)(H,14,15)/t3-/m0/s1. The van der Waals surface area contributed by atoms with Gasteiger partial charge in [-0.25, -0.2) is 4.79 Å². The summed E-state index contributed by atoms with van der Waals surface area (Å²) in [6, 6.07) is -1.53.